The van der Waals surface area contributed by atoms with Gasteiger partial charge in [0.15, 0.2) is 5.76 Å². The summed E-state index contributed by atoms with van der Waals surface area (Å²) in [4.78, 5) is 27.1. The topological polar surface area (TPSA) is 96.5 Å². The second-order valence-electron chi connectivity index (χ2n) is 6.18. The number of aromatic nitrogens is 3. The van der Waals surface area contributed by atoms with E-state index in [2.05, 4.69) is 20.5 Å². The number of carbonyl (C=O) groups excluding carboxylic acids is 2. The van der Waals surface area contributed by atoms with Crippen LogP contribution in [0.5, 0.6) is 0 Å². The van der Waals surface area contributed by atoms with E-state index in [1.165, 1.54) is 0 Å². The minimum Gasteiger partial charge on any atom is -0.359 e. The molecule has 4 heterocycles. The molecule has 0 saturated carbocycles. The molecule has 0 bridgehead atoms. The summed E-state index contributed by atoms with van der Waals surface area (Å²) < 4.78 is 7.15. The molecule has 2 saturated heterocycles. The minimum atomic E-state index is -0.504. The molecule has 2 amide bonds. The maximum Gasteiger partial charge on any atom is 0.312 e. The van der Waals surface area contributed by atoms with Crippen molar-refractivity contribution in [3.63, 3.8) is 0 Å². The Morgan fingerprint density at radius 2 is 2.25 bits per heavy atom. The monoisotopic (exact) mass is 330 g/mol. The summed E-state index contributed by atoms with van der Waals surface area (Å²) in [5.41, 5.74) is 1.68. The molecule has 2 aliphatic rings. The zero-order valence-electron chi connectivity index (χ0n) is 13.3. The van der Waals surface area contributed by atoms with Crippen molar-refractivity contribution in [2.45, 2.75) is 12.6 Å². The molecule has 0 spiro atoms. The Morgan fingerprint density at radius 3 is 3.04 bits per heavy atom. The number of aryl methyl sites for hydroxylation is 1. The number of carbonyl (C=O) groups is 2. The fourth-order valence-electron chi connectivity index (χ4n) is 3.22. The third kappa shape index (κ3) is 2.67. The van der Waals surface area contributed by atoms with Crippen molar-refractivity contribution in [1.82, 2.24) is 30.1 Å². The molecule has 0 aromatic carbocycles. The Morgan fingerprint density at radius 1 is 1.38 bits per heavy atom. The average molecular weight is 330 g/mol. The Labute approximate surface area is 138 Å². The first kappa shape index (κ1) is 14.9. The number of hydrogen-bond acceptors (Lipinski definition) is 6. The van der Waals surface area contributed by atoms with Gasteiger partial charge in [-0.25, -0.2) is 0 Å². The third-order valence-corrected chi connectivity index (χ3v) is 4.46. The molecule has 4 rings (SSSR count). The van der Waals surface area contributed by atoms with Crippen LogP contribution in [0, 0.1) is 0 Å². The highest BCUT2D eigenvalue weighted by molar-refractivity contribution is 6.35. The molecule has 9 nitrogen and oxygen atoms in total. The summed E-state index contributed by atoms with van der Waals surface area (Å²) in [5, 5.41) is 10.9. The Kier molecular flexibility index (Phi) is 3.57. The summed E-state index contributed by atoms with van der Waals surface area (Å²) >= 11 is 0. The molecule has 2 aromatic rings. The van der Waals surface area contributed by atoms with Gasteiger partial charge in [-0.2, -0.15) is 5.10 Å². The van der Waals surface area contributed by atoms with Gasteiger partial charge < -0.3 is 14.7 Å². The predicted molar refractivity (Wildman–Crippen MR) is 82.5 cm³/mol. The van der Waals surface area contributed by atoms with Crippen molar-refractivity contribution in [2.75, 3.05) is 26.2 Å². The van der Waals surface area contributed by atoms with Crippen LogP contribution in [0.2, 0.25) is 0 Å². The molecule has 1 N–H and O–H groups in total. The second kappa shape index (κ2) is 5.75. The van der Waals surface area contributed by atoms with Crippen molar-refractivity contribution in [3.05, 3.63) is 24.2 Å². The van der Waals surface area contributed by atoms with E-state index in [4.69, 9.17) is 4.52 Å². The van der Waals surface area contributed by atoms with Gasteiger partial charge in [0.1, 0.15) is 5.69 Å². The van der Waals surface area contributed by atoms with Gasteiger partial charge in [0.25, 0.3) is 0 Å². The van der Waals surface area contributed by atoms with Crippen molar-refractivity contribution in [3.8, 4) is 11.3 Å². The SMILES string of the molecule is Cn1cc(-c2cc(CN3CCN4C(=O)C(=O)NC[C@@H]4C3)on2)cn1. The summed E-state index contributed by atoms with van der Waals surface area (Å²) in [5.74, 6) is -0.158. The van der Waals surface area contributed by atoms with E-state index >= 15 is 0 Å². The predicted octanol–water partition coefficient (Wildman–Crippen LogP) is -0.782. The Bertz CT molecular complexity index is 782. The van der Waals surface area contributed by atoms with E-state index in [-0.39, 0.29) is 6.04 Å². The highest BCUT2D eigenvalue weighted by Gasteiger charge is 2.37. The number of fused-ring (bicyclic) bond motifs is 1. The normalized spacial score (nSPS) is 21.7. The van der Waals surface area contributed by atoms with Gasteiger partial charge in [-0.3, -0.25) is 19.2 Å². The number of rotatable bonds is 3. The van der Waals surface area contributed by atoms with Crippen LogP contribution in [0.4, 0.5) is 0 Å². The van der Waals surface area contributed by atoms with Gasteiger partial charge in [-0.15, -0.1) is 0 Å². The first-order valence-electron chi connectivity index (χ1n) is 7.86. The molecule has 2 aliphatic heterocycles. The molecular formula is C15H18N6O3. The lowest BCUT2D eigenvalue weighted by molar-refractivity contribution is -0.152. The first-order chi connectivity index (χ1) is 11.6. The van der Waals surface area contributed by atoms with E-state index in [1.807, 2.05) is 19.3 Å². The van der Waals surface area contributed by atoms with Crippen LogP contribution < -0.4 is 5.32 Å². The van der Waals surface area contributed by atoms with Crippen molar-refractivity contribution in [2.24, 2.45) is 7.05 Å². The van der Waals surface area contributed by atoms with Gasteiger partial charge >= 0.3 is 11.8 Å². The highest BCUT2D eigenvalue weighted by Crippen LogP contribution is 2.20. The molecule has 1 atom stereocenters. The summed E-state index contributed by atoms with van der Waals surface area (Å²) in [6.45, 7) is 3.09. The van der Waals surface area contributed by atoms with Gasteiger partial charge in [0.05, 0.1) is 18.8 Å². The van der Waals surface area contributed by atoms with Gasteiger partial charge in [-0.05, 0) is 0 Å². The molecule has 2 aromatic heterocycles. The first-order valence-corrected chi connectivity index (χ1v) is 7.86. The fraction of sp³-hybridized carbons (Fsp3) is 0.467. The van der Waals surface area contributed by atoms with Gasteiger partial charge in [0, 0.05) is 51.1 Å². The maximum absolute atomic E-state index is 11.8. The molecule has 0 aliphatic carbocycles. The van der Waals surface area contributed by atoms with Crippen LogP contribution in [0.25, 0.3) is 11.3 Å². The zero-order valence-corrected chi connectivity index (χ0v) is 13.3. The lowest BCUT2D eigenvalue weighted by atomic mass is 10.1. The maximum atomic E-state index is 11.8. The smallest absolute Gasteiger partial charge is 0.312 e. The molecule has 24 heavy (non-hydrogen) atoms. The molecule has 0 unspecified atom stereocenters. The number of hydrogen-bond donors (Lipinski definition) is 1. The molecule has 126 valence electrons. The van der Waals surface area contributed by atoms with E-state index in [1.54, 1.807) is 15.8 Å². The van der Waals surface area contributed by atoms with Crippen LogP contribution in [0.3, 0.4) is 0 Å². The second-order valence-corrected chi connectivity index (χ2v) is 6.18. The van der Waals surface area contributed by atoms with E-state index < -0.39 is 11.8 Å². The van der Waals surface area contributed by atoms with Crippen molar-refractivity contribution in [1.29, 1.82) is 0 Å². The standard InChI is InChI=1S/C15H18N6O3/c1-19-7-10(5-17-19)13-4-12(24-18-13)9-20-2-3-21-11(8-20)6-16-14(22)15(21)23/h4-5,7,11H,2-3,6,8-9H2,1H3,(H,16,22)/t11-/m1/s1. The fourth-order valence-corrected chi connectivity index (χ4v) is 3.22. The lowest BCUT2D eigenvalue weighted by Gasteiger charge is -2.43. The quantitative estimate of drug-likeness (QED) is 0.742. The molecular weight excluding hydrogens is 312 g/mol. The van der Waals surface area contributed by atoms with Crippen LogP contribution in [-0.4, -0.2) is 68.8 Å². The van der Waals surface area contributed by atoms with Crippen molar-refractivity contribution >= 4 is 11.8 Å². The molecule has 2 fully saturated rings. The van der Waals surface area contributed by atoms with E-state index in [0.717, 1.165) is 17.0 Å². The lowest BCUT2D eigenvalue weighted by Crippen LogP contribution is -2.65. The Balaban J connectivity index is 1.41. The number of amides is 2. The molecule has 9 heteroatoms. The Hall–Kier alpha value is -2.68. The van der Waals surface area contributed by atoms with E-state index in [9.17, 15) is 9.59 Å². The average Bonchev–Trinajstić information content (AvgIpc) is 3.20. The molecule has 0 radical (unpaired) electrons. The zero-order chi connectivity index (χ0) is 16.7. The number of nitrogens with one attached hydrogen (secondary N) is 1. The van der Waals surface area contributed by atoms with Gasteiger partial charge in [0.2, 0.25) is 0 Å². The van der Waals surface area contributed by atoms with Crippen LogP contribution >= 0.6 is 0 Å². The van der Waals surface area contributed by atoms with Crippen molar-refractivity contribution < 1.29 is 14.1 Å². The largest absolute Gasteiger partial charge is 0.359 e. The highest BCUT2D eigenvalue weighted by atomic mass is 16.5. The van der Waals surface area contributed by atoms with E-state index in [0.29, 0.717) is 32.7 Å². The minimum absolute atomic E-state index is 0.0182. The van der Waals surface area contributed by atoms with Gasteiger partial charge in [-0.1, -0.05) is 5.16 Å². The number of nitrogens with zero attached hydrogens (tertiary/aromatic N) is 5. The number of piperazine rings is 2. The van der Waals surface area contributed by atoms with Crippen LogP contribution in [0.1, 0.15) is 5.76 Å². The van der Waals surface area contributed by atoms with Crippen LogP contribution in [0.15, 0.2) is 23.0 Å². The third-order valence-electron chi connectivity index (χ3n) is 4.46. The summed E-state index contributed by atoms with van der Waals surface area (Å²) in [6.07, 6.45) is 3.63. The summed E-state index contributed by atoms with van der Waals surface area (Å²) in [6, 6.07) is 1.93. The summed E-state index contributed by atoms with van der Waals surface area (Å²) in [7, 11) is 1.86. The van der Waals surface area contributed by atoms with Crippen LogP contribution in [-0.2, 0) is 23.2 Å².